The van der Waals surface area contributed by atoms with Gasteiger partial charge in [0.1, 0.15) is 0 Å². The molecule has 1 aliphatic heterocycles. The quantitative estimate of drug-likeness (QED) is 0.723. The predicted molar refractivity (Wildman–Crippen MR) is 111 cm³/mol. The fourth-order valence-electron chi connectivity index (χ4n) is 4.14. The number of carbonyl (C=O) groups is 2. The number of carbonyl (C=O) groups excluding carboxylic acids is 2. The van der Waals surface area contributed by atoms with Crippen molar-refractivity contribution < 1.29 is 9.59 Å². The summed E-state index contributed by atoms with van der Waals surface area (Å²) >= 11 is 0. The van der Waals surface area contributed by atoms with Gasteiger partial charge in [0.05, 0.1) is 0 Å². The van der Waals surface area contributed by atoms with Crippen LogP contribution < -0.4 is 16.0 Å². The van der Waals surface area contributed by atoms with Crippen LogP contribution in [0.3, 0.4) is 0 Å². The molecule has 28 heavy (non-hydrogen) atoms. The second-order valence-electron chi connectivity index (χ2n) is 8.14. The highest BCUT2D eigenvalue weighted by atomic mass is 16.2. The third kappa shape index (κ3) is 6.73. The minimum Gasteiger partial charge on any atom is -0.338 e. The average Bonchev–Trinajstić information content (AvgIpc) is 3.16. The first kappa shape index (κ1) is 20.5. The Hall–Kier alpha value is -2.24. The van der Waals surface area contributed by atoms with Crippen molar-refractivity contribution in [2.24, 2.45) is 5.92 Å². The largest absolute Gasteiger partial charge is 0.338 e. The van der Waals surface area contributed by atoms with Crippen LogP contribution in [-0.2, 0) is 6.54 Å². The number of nitrogens with one attached hydrogen (secondary N) is 3. The van der Waals surface area contributed by atoms with E-state index in [1.807, 2.05) is 35.2 Å². The van der Waals surface area contributed by atoms with Crippen molar-refractivity contribution in [2.75, 3.05) is 19.6 Å². The van der Waals surface area contributed by atoms with Gasteiger partial charge in [0, 0.05) is 32.2 Å². The van der Waals surface area contributed by atoms with Crippen molar-refractivity contribution in [3.8, 4) is 0 Å². The lowest BCUT2D eigenvalue weighted by molar-refractivity contribution is 0.206. The van der Waals surface area contributed by atoms with Crippen molar-refractivity contribution in [2.45, 2.75) is 64.0 Å². The lowest BCUT2D eigenvalue weighted by atomic mass is 9.97. The topological polar surface area (TPSA) is 73.5 Å². The molecule has 0 bridgehead atoms. The second kappa shape index (κ2) is 10.9. The molecule has 1 aliphatic carbocycles. The first-order chi connectivity index (χ1) is 13.7. The predicted octanol–water partition coefficient (Wildman–Crippen LogP) is 3.63. The molecule has 1 aromatic rings. The Balaban J connectivity index is 1.32. The summed E-state index contributed by atoms with van der Waals surface area (Å²) in [5, 5.41) is 9.14. The van der Waals surface area contributed by atoms with Gasteiger partial charge in [-0.1, -0.05) is 62.4 Å². The van der Waals surface area contributed by atoms with E-state index in [-0.39, 0.29) is 12.1 Å². The van der Waals surface area contributed by atoms with Crippen LogP contribution in [0.2, 0.25) is 0 Å². The van der Waals surface area contributed by atoms with E-state index in [1.54, 1.807) is 0 Å². The van der Waals surface area contributed by atoms with E-state index in [0.29, 0.717) is 31.6 Å². The first-order valence-electron chi connectivity index (χ1n) is 10.8. The summed E-state index contributed by atoms with van der Waals surface area (Å²) in [4.78, 5) is 26.4. The van der Waals surface area contributed by atoms with Crippen molar-refractivity contribution in [1.29, 1.82) is 0 Å². The van der Waals surface area contributed by atoms with Gasteiger partial charge in [0.25, 0.3) is 0 Å². The van der Waals surface area contributed by atoms with Crippen LogP contribution in [0.25, 0.3) is 0 Å². The molecule has 6 heteroatoms. The van der Waals surface area contributed by atoms with Crippen LogP contribution in [0.1, 0.15) is 56.9 Å². The molecule has 0 radical (unpaired) electrons. The van der Waals surface area contributed by atoms with Crippen LogP contribution in [0.5, 0.6) is 0 Å². The molecule has 2 aliphatic rings. The summed E-state index contributed by atoms with van der Waals surface area (Å²) in [6.07, 6.45) is 9.42. The van der Waals surface area contributed by atoms with Crippen molar-refractivity contribution >= 4 is 12.1 Å². The molecule has 1 saturated carbocycles. The monoisotopic (exact) mass is 386 g/mol. The van der Waals surface area contributed by atoms with Crippen LogP contribution in [0.4, 0.5) is 9.59 Å². The number of hydrogen-bond acceptors (Lipinski definition) is 2. The highest BCUT2D eigenvalue weighted by molar-refractivity contribution is 5.75. The number of nitrogens with zero attached hydrogens (tertiary/aromatic N) is 1. The Morgan fingerprint density at radius 3 is 2.39 bits per heavy atom. The number of hydrogen-bond donors (Lipinski definition) is 3. The molecule has 3 rings (SSSR count). The molecule has 3 N–H and O–H groups in total. The Morgan fingerprint density at radius 2 is 1.64 bits per heavy atom. The molecule has 4 amide bonds. The molecule has 0 spiro atoms. The Morgan fingerprint density at radius 1 is 0.929 bits per heavy atom. The van der Waals surface area contributed by atoms with Gasteiger partial charge in [0.2, 0.25) is 0 Å². The lowest BCUT2D eigenvalue weighted by Crippen LogP contribution is -2.44. The van der Waals surface area contributed by atoms with Gasteiger partial charge < -0.3 is 20.9 Å². The zero-order valence-electron chi connectivity index (χ0n) is 16.8. The molecule has 1 heterocycles. The van der Waals surface area contributed by atoms with Crippen LogP contribution in [0, 0.1) is 5.92 Å². The minimum absolute atomic E-state index is 0.0228. The maximum Gasteiger partial charge on any atom is 0.317 e. The average molecular weight is 387 g/mol. The maximum absolute atomic E-state index is 12.3. The standard InChI is InChI=1S/C22H34N4O2/c27-21(25-20-11-7-2-1-3-8-12-20)23-16-19-13-14-26(17-19)22(28)24-15-18-9-5-4-6-10-18/h4-6,9-10,19-20H,1-3,7-8,11-17H2,(H,24,28)(H2,23,25,27). The summed E-state index contributed by atoms with van der Waals surface area (Å²) in [5.41, 5.74) is 1.10. The van der Waals surface area contributed by atoms with E-state index in [1.165, 1.54) is 32.1 Å². The summed E-state index contributed by atoms with van der Waals surface area (Å²) < 4.78 is 0. The van der Waals surface area contributed by atoms with E-state index in [0.717, 1.165) is 31.4 Å². The SMILES string of the molecule is O=C(NCC1CCN(C(=O)NCc2ccccc2)C1)NC1CCCCCCC1. The molecule has 154 valence electrons. The van der Waals surface area contributed by atoms with Crippen LogP contribution >= 0.6 is 0 Å². The zero-order valence-corrected chi connectivity index (χ0v) is 16.8. The molecule has 1 atom stereocenters. The van der Waals surface area contributed by atoms with Crippen molar-refractivity contribution in [3.05, 3.63) is 35.9 Å². The molecular formula is C22H34N4O2. The van der Waals surface area contributed by atoms with Crippen LogP contribution in [-0.4, -0.2) is 42.6 Å². The smallest absolute Gasteiger partial charge is 0.317 e. The normalized spacial score (nSPS) is 20.9. The van der Waals surface area contributed by atoms with Crippen molar-refractivity contribution in [3.63, 3.8) is 0 Å². The van der Waals surface area contributed by atoms with Crippen molar-refractivity contribution in [1.82, 2.24) is 20.9 Å². The second-order valence-corrected chi connectivity index (χ2v) is 8.14. The van der Waals surface area contributed by atoms with E-state index < -0.39 is 0 Å². The van der Waals surface area contributed by atoms with E-state index in [4.69, 9.17) is 0 Å². The molecule has 1 saturated heterocycles. The molecule has 0 aromatic heterocycles. The fraction of sp³-hybridized carbons (Fsp3) is 0.636. The van der Waals surface area contributed by atoms with E-state index in [2.05, 4.69) is 16.0 Å². The number of urea groups is 2. The number of benzene rings is 1. The van der Waals surface area contributed by atoms with Gasteiger partial charge in [-0.3, -0.25) is 0 Å². The molecule has 1 aromatic carbocycles. The van der Waals surface area contributed by atoms with E-state index in [9.17, 15) is 9.59 Å². The lowest BCUT2D eigenvalue weighted by Gasteiger charge is -2.22. The molecule has 6 nitrogen and oxygen atoms in total. The summed E-state index contributed by atoms with van der Waals surface area (Å²) in [6.45, 7) is 2.62. The third-order valence-electron chi connectivity index (χ3n) is 5.85. The van der Waals surface area contributed by atoms with Gasteiger partial charge in [-0.25, -0.2) is 9.59 Å². The number of amides is 4. The highest BCUT2D eigenvalue weighted by Gasteiger charge is 2.26. The van der Waals surface area contributed by atoms with Crippen LogP contribution in [0.15, 0.2) is 30.3 Å². The molecular weight excluding hydrogens is 352 g/mol. The minimum atomic E-state index is -0.0578. The van der Waals surface area contributed by atoms with Gasteiger partial charge in [-0.2, -0.15) is 0 Å². The number of rotatable bonds is 5. The summed E-state index contributed by atoms with van der Waals surface area (Å²) in [5.74, 6) is 0.325. The van der Waals surface area contributed by atoms with Gasteiger partial charge in [-0.05, 0) is 30.7 Å². The Labute approximate surface area is 168 Å². The third-order valence-corrected chi connectivity index (χ3v) is 5.85. The fourth-order valence-corrected chi connectivity index (χ4v) is 4.14. The summed E-state index contributed by atoms with van der Waals surface area (Å²) in [6, 6.07) is 10.2. The molecule has 2 fully saturated rings. The van der Waals surface area contributed by atoms with E-state index >= 15 is 0 Å². The Kier molecular flexibility index (Phi) is 8.00. The van der Waals surface area contributed by atoms with Gasteiger partial charge in [-0.15, -0.1) is 0 Å². The Bertz CT molecular complexity index is 614. The maximum atomic E-state index is 12.3. The van der Waals surface area contributed by atoms with Gasteiger partial charge in [0.15, 0.2) is 0 Å². The zero-order chi connectivity index (χ0) is 19.6. The number of likely N-dealkylation sites (tertiary alicyclic amines) is 1. The molecule has 1 unspecified atom stereocenters. The summed E-state index contributed by atoms with van der Waals surface area (Å²) in [7, 11) is 0. The van der Waals surface area contributed by atoms with Gasteiger partial charge >= 0.3 is 12.1 Å². The highest BCUT2D eigenvalue weighted by Crippen LogP contribution is 2.18. The first-order valence-corrected chi connectivity index (χ1v) is 10.8.